The van der Waals surface area contributed by atoms with Crippen LogP contribution in [0.15, 0.2) is 46.1 Å². The Morgan fingerprint density at radius 2 is 1.93 bits per heavy atom. The molecule has 16 heteroatoms. The van der Waals surface area contributed by atoms with Crippen LogP contribution in [-0.4, -0.2) is 71.0 Å². The number of methoxy groups -OCH3 is 1. The first kappa shape index (κ1) is 33.6. The SMILES string of the molecule is COC1C(COP(=O)(NC(C)C(=O)OC(C)C)Oc2ccc(CN)cc2)C(CF)OC(n2ccc(=O)[nH]c2=O)C1(C)O. The van der Waals surface area contributed by atoms with Crippen molar-refractivity contribution in [2.45, 2.75) is 70.4 Å². The van der Waals surface area contributed by atoms with Crippen LogP contribution in [-0.2, 0) is 34.6 Å². The van der Waals surface area contributed by atoms with Gasteiger partial charge in [0.2, 0.25) is 0 Å². The minimum absolute atomic E-state index is 0.127. The van der Waals surface area contributed by atoms with E-state index < -0.39 is 80.3 Å². The van der Waals surface area contributed by atoms with E-state index in [1.165, 1.54) is 33.1 Å². The average Bonchev–Trinajstić information content (AvgIpc) is 2.92. The Morgan fingerprint density at radius 1 is 1.26 bits per heavy atom. The van der Waals surface area contributed by atoms with Crippen molar-refractivity contribution in [1.82, 2.24) is 14.6 Å². The van der Waals surface area contributed by atoms with E-state index in [1.54, 1.807) is 26.0 Å². The molecule has 14 nitrogen and oxygen atoms in total. The van der Waals surface area contributed by atoms with Gasteiger partial charge < -0.3 is 29.6 Å². The number of ether oxygens (including phenoxy) is 3. The minimum Gasteiger partial charge on any atom is -0.462 e. The second-order valence-electron chi connectivity index (χ2n) is 10.3. The lowest BCUT2D eigenvalue weighted by Gasteiger charge is -2.49. The van der Waals surface area contributed by atoms with Gasteiger partial charge in [-0.1, -0.05) is 12.1 Å². The van der Waals surface area contributed by atoms with Crippen LogP contribution < -0.4 is 26.6 Å². The van der Waals surface area contributed by atoms with Crippen molar-refractivity contribution in [3.63, 3.8) is 0 Å². The number of aromatic amines is 1. The number of carbonyl (C=O) groups is 1. The zero-order chi connectivity index (χ0) is 31.2. The summed E-state index contributed by atoms with van der Waals surface area (Å²) in [6.45, 7) is 4.65. The molecule has 1 aromatic carbocycles. The van der Waals surface area contributed by atoms with Gasteiger partial charge in [0.1, 0.15) is 24.1 Å². The average molecular weight is 617 g/mol. The summed E-state index contributed by atoms with van der Waals surface area (Å²) in [5.41, 5.74) is 2.89. The number of aromatic nitrogens is 2. The summed E-state index contributed by atoms with van der Waals surface area (Å²) in [7, 11) is -3.12. The van der Waals surface area contributed by atoms with Crippen molar-refractivity contribution in [3.05, 3.63) is 62.9 Å². The Kier molecular flexibility index (Phi) is 11.2. The summed E-state index contributed by atoms with van der Waals surface area (Å²) >= 11 is 0. The van der Waals surface area contributed by atoms with E-state index in [0.29, 0.717) is 0 Å². The molecule has 0 radical (unpaired) electrons. The lowest BCUT2D eigenvalue weighted by atomic mass is 9.81. The van der Waals surface area contributed by atoms with E-state index in [1.807, 2.05) is 0 Å². The summed E-state index contributed by atoms with van der Waals surface area (Å²) < 4.78 is 57.2. The predicted octanol–water partition coefficient (Wildman–Crippen LogP) is 1.38. The molecule has 3 rings (SSSR count). The summed E-state index contributed by atoms with van der Waals surface area (Å²) in [6, 6.07) is 6.25. The molecule has 0 amide bonds. The monoisotopic (exact) mass is 616 g/mol. The largest absolute Gasteiger partial charge is 0.462 e. The third-order valence-electron chi connectivity index (χ3n) is 6.63. The van der Waals surface area contributed by atoms with E-state index >= 15 is 0 Å². The number of benzene rings is 1. The van der Waals surface area contributed by atoms with E-state index in [9.17, 15) is 28.4 Å². The van der Waals surface area contributed by atoms with E-state index in [2.05, 4.69) is 10.1 Å². The van der Waals surface area contributed by atoms with Crippen molar-refractivity contribution in [2.75, 3.05) is 20.4 Å². The Morgan fingerprint density at radius 3 is 2.48 bits per heavy atom. The number of nitrogens with two attached hydrogens (primary N) is 1. The normalized spacial score (nSPS) is 26.4. The molecule has 7 unspecified atom stereocenters. The summed E-state index contributed by atoms with van der Waals surface area (Å²) in [5.74, 6) is -1.67. The van der Waals surface area contributed by atoms with Crippen LogP contribution in [0.1, 0.15) is 39.5 Å². The third kappa shape index (κ3) is 7.92. The second kappa shape index (κ2) is 14.0. The lowest BCUT2D eigenvalue weighted by Crippen LogP contribution is -2.63. The van der Waals surface area contributed by atoms with Crippen LogP contribution in [0.5, 0.6) is 5.75 Å². The van der Waals surface area contributed by atoms with E-state index in [-0.39, 0.29) is 12.3 Å². The van der Waals surface area contributed by atoms with Crippen LogP contribution in [0.25, 0.3) is 0 Å². The molecule has 1 saturated heterocycles. The maximum atomic E-state index is 14.4. The van der Waals surface area contributed by atoms with Gasteiger partial charge in [-0.3, -0.25) is 23.7 Å². The summed E-state index contributed by atoms with van der Waals surface area (Å²) in [6.07, 6.45) is -3.34. The van der Waals surface area contributed by atoms with Crippen LogP contribution in [0.3, 0.4) is 0 Å². The van der Waals surface area contributed by atoms with Gasteiger partial charge in [-0.15, -0.1) is 0 Å². The molecule has 234 valence electrons. The van der Waals surface area contributed by atoms with Gasteiger partial charge in [-0.05, 0) is 45.4 Å². The maximum Gasteiger partial charge on any atom is 0.459 e. The smallest absolute Gasteiger partial charge is 0.459 e. The van der Waals surface area contributed by atoms with Gasteiger partial charge in [-0.2, -0.15) is 5.09 Å². The molecule has 1 aliphatic rings. The molecule has 1 aromatic heterocycles. The van der Waals surface area contributed by atoms with Crippen LogP contribution in [0.2, 0.25) is 0 Å². The molecular weight excluding hydrogens is 578 g/mol. The topological polar surface area (TPSA) is 193 Å². The standard InChI is InChI=1S/C26H38FN4O10P/c1-15(2)39-23(33)16(3)30-42(36,41-18-8-6-17(13-28)7-9-18)38-14-19-20(12-27)40-24(26(4,35)22(19)37-5)31-11-10-21(32)29-25(31)34/h6-11,15-16,19-20,22,24,35H,12-14,28H2,1-5H3,(H,30,36)(H,29,32,34). The van der Waals surface area contributed by atoms with E-state index in [0.717, 1.165) is 22.4 Å². The van der Waals surface area contributed by atoms with Gasteiger partial charge in [0, 0.05) is 31.8 Å². The molecular formula is C26H38FN4O10P. The molecule has 1 fully saturated rings. The maximum absolute atomic E-state index is 14.4. The zero-order valence-corrected chi connectivity index (χ0v) is 24.9. The highest BCUT2D eigenvalue weighted by atomic mass is 31.2. The number of carbonyl (C=O) groups excluding carboxylic acids is 1. The minimum atomic E-state index is -4.38. The number of esters is 1. The number of halogens is 1. The highest BCUT2D eigenvalue weighted by Crippen LogP contribution is 2.48. The number of nitrogens with one attached hydrogen (secondary N) is 2. The van der Waals surface area contributed by atoms with Gasteiger partial charge in [0.25, 0.3) is 5.56 Å². The number of hydrogen-bond donors (Lipinski definition) is 4. The van der Waals surface area contributed by atoms with Gasteiger partial charge in [0.05, 0.1) is 24.9 Å². The molecule has 1 aliphatic heterocycles. The molecule has 5 N–H and O–H groups in total. The first-order valence-electron chi connectivity index (χ1n) is 13.2. The Bertz CT molecular complexity index is 1370. The fourth-order valence-electron chi connectivity index (χ4n) is 4.61. The summed E-state index contributed by atoms with van der Waals surface area (Å²) in [5, 5.41) is 14.0. The fraction of sp³-hybridized carbons (Fsp3) is 0.577. The molecule has 0 saturated carbocycles. The highest BCUT2D eigenvalue weighted by molar-refractivity contribution is 7.52. The molecule has 42 heavy (non-hydrogen) atoms. The molecule has 0 bridgehead atoms. The molecule has 2 heterocycles. The van der Waals surface area contributed by atoms with Crippen molar-refractivity contribution in [1.29, 1.82) is 0 Å². The predicted molar refractivity (Wildman–Crippen MR) is 148 cm³/mol. The van der Waals surface area contributed by atoms with E-state index in [4.69, 9.17) is 29.0 Å². The number of rotatable bonds is 13. The molecule has 0 spiro atoms. The van der Waals surface area contributed by atoms with Gasteiger partial charge in [-0.25, -0.2) is 13.8 Å². The number of alkyl halides is 1. The number of H-pyrrole nitrogens is 1. The highest BCUT2D eigenvalue weighted by Gasteiger charge is 2.55. The molecule has 7 atom stereocenters. The van der Waals surface area contributed by atoms with Crippen LogP contribution in [0.4, 0.5) is 4.39 Å². The number of hydrogen-bond acceptors (Lipinski definition) is 11. The quantitative estimate of drug-likeness (QED) is 0.187. The first-order chi connectivity index (χ1) is 19.7. The second-order valence-corrected chi connectivity index (χ2v) is 12.0. The Labute approximate surface area is 241 Å². The van der Waals surface area contributed by atoms with Crippen LogP contribution in [0, 0.1) is 5.92 Å². The van der Waals surface area contributed by atoms with Gasteiger partial charge in [0.15, 0.2) is 6.23 Å². The number of nitrogens with zero attached hydrogens (tertiary/aromatic N) is 1. The Balaban J connectivity index is 1.90. The fourth-order valence-corrected chi connectivity index (χ4v) is 6.14. The first-order valence-corrected chi connectivity index (χ1v) is 14.8. The van der Waals surface area contributed by atoms with Crippen molar-refractivity contribution in [3.8, 4) is 5.75 Å². The summed E-state index contributed by atoms with van der Waals surface area (Å²) in [4.78, 5) is 38.5. The zero-order valence-electron chi connectivity index (χ0n) is 24.0. The van der Waals surface area contributed by atoms with Crippen molar-refractivity contribution >= 4 is 13.7 Å². The van der Waals surface area contributed by atoms with Gasteiger partial charge >= 0.3 is 19.4 Å². The molecule has 2 aromatic rings. The molecule has 0 aliphatic carbocycles. The van der Waals surface area contributed by atoms with Crippen molar-refractivity contribution < 1.29 is 42.1 Å². The third-order valence-corrected chi connectivity index (χ3v) is 8.28. The van der Waals surface area contributed by atoms with Crippen LogP contribution >= 0.6 is 7.75 Å². The number of aliphatic hydroxyl groups is 1. The van der Waals surface area contributed by atoms with Crippen molar-refractivity contribution in [2.24, 2.45) is 11.7 Å². The Hall–Kier alpha value is -2.91. The lowest BCUT2D eigenvalue weighted by molar-refractivity contribution is -0.283.